The summed E-state index contributed by atoms with van der Waals surface area (Å²) in [6.07, 6.45) is 2.23. The van der Waals surface area contributed by atoms with Gasteiger partial charge in [-0.15, -0.1) is 0 Å². The predicted octanol–water partition coefficient (Wildman–Crippen LogP) is 3.74. The number of para-hydroxylation sites is 1. The highest BCUT2D eigenvalue weighted by atomic mass is 16.1. The second kappa shape index (κ2) is 7.00. The molecule has 0 aliphatic rings. The Morgan fingerprint density at radius 3 is 2.79 bits per heavy atom. The summed E-state index contributed by atoms with van der Waals surface area (Å²) in [4.78, 5) is 12.9. The van der Waals surface area contributed by atoms with Gasteiger partial charge in [0.25, 0.3) is 5.91 Å². The second-order valence-electron chi connectivity index (χ2n) is 6.46. The van der Waals surface area contributed by atoms with E-state index in [1.165, 1.54) is 0 Å². The largest absolute Gasteiger partial charge is 0.304 e. The molecule has 0 aliphatic carbocycles. The fourth-order valence-electron chi connectivity index (χ4n) is 3.26. The van der Waals surface area contributed by atoms with E-state index in [1.54, 1.807) is 16.9 Å². The van der Waals surface area contributed by atoms with E-state index in [0.29, 0.717) is 28.9 Å². The van der Waals surface area contributed by atoms with Gasteiger partial charge in [0.15, 0.2) is 5.82 Å². The quantitative estimate of drug-likeness (QED) is 0.571. The maximum Gasteiger partial charge on any atom is 0.260 e. The van der Waals surface area contributed by atoms with Gasteiger partial charge in [0.1, 0.15) is 0 Å². The van der Waals surface area contributed by atoms with Crippen molar-refractivity contribution in [3.05, 3.63) is 71.0 Å². The third kappa shape index (κ3) is 2.91. The number of anilines is 1. The van der Waals surface area contributed by atoms with Crippen molar-refractivity contribution in [1.82, 2.24) is 20.0 Å². The summed E-state index contributed by atoms with van der Waals surface area (Å²) < 4.78 is 1.78. The Labute approximate surface area is 161 Å². The van der Waals surface area contributed by atoms with Crippen LogP contribution >= 0.6 is 0 Å². The van der Waals surface area contributed by atoms with E-state index in [0.717, 1.165) is 22.3 Å². The number of nitriles is 1. The van der Waals surface area contributed by atoms with Crippen molar-refractivity contribution in [2.75, 3.05) is 5.32 Å². The Balaban J connectivity index is 1.68. The van der Waals surface area contributed by atoms with Crippen LogP contribution in [0.4, 0.5) is 5.82 Å². The van der Waals surface area contributed by atoms with Crippen LogP contribution in [-0.4, -0.2) is 25.9 Å². The fourth-order valence-corrected chi connectivity index (χ4v) is 3.26. The maximum absolute atomic E-state index is 12.9. The summed E-state index contributed by atoms with van der Waals surface area (Å²) in [5.41, 5.74) is 4.35. The first-order valence-electron chi connectivity index (χ1n) is 8.95. The Morgan fingerprint density at radius 1 is 1.29 bits per heavy atom. The number of aromatic amines is 1. The Bertz CT molecular complexity index is 1210. The Morgan fingerprint density at radius 2 is 2.07 bits per heavy atom. The molecule has 4 rings (SSSR count). The van der Waals surface area contributed by atoms with Crippen molar-refractivity contribution in [3.63, 3.8) is 0 Å². The summed E-state index contributed by atoms with van der Waals surface area (Å²) in [5, 5.41) is 24.3. The average Bonchev–Trinajstić information content (AvgIpc) is 3.32. The minimum absolute atomic E-state index is 0.269. The van der Waals surface area contributed by atoms with Gasteiger partial charge in [-0.1, -0.05) is 25.1 Å². The standard InChI is InChI=1S/C21H18N6O/c1-3-19-17(12-23-27(19)15-7-5-4-6-8-15)21(28)24-20-16-9-13(2)14(11-22)10-18(16)25-26-20/h4-10,12H,3H2,1-2H3,(H2,24,25,26,28). The molecule has 0 atom stereocenters. The number of benzene rings is 2. The molecule has 4 aromatic rings. The molecule has 0 fully saturated rings. The van der Waals surface area contributed by atoms with Gasteiger partial charge in [0.05, 0.1) is 40.3 Å². The van der Waals surface area contributed by atoms with Crippen LogP contribution in [-0.2, 0) is 6.42 Å². The van der Waals surface area contributed by atoms with Gasteiger partial charge in [-0.3, -0.25) is 9.89 Å². The summed E-state index contributed by atoms with van der Waals surface area (Å²) in [6.45, 7) is 3.85. The number of H-pyrrole nitrogens is 1. The number of aromatic nitrogens is 4. The van der Waals surface area contributed by atoms with Crippen molar-refractivity contribution in [2.24, 2.45) is 0 Å². The Hall–Kier alpha value is -3.92. The summed E-state index contributed by atoms with van der Waals surface area (Å²) in [5.74, 6) is 0.163. The zero-order valence-electron chi connectivity index (χ0n) is 15.5. The smallest absolute Gasteiger partial charge is 0.260 e. The van der Waals surface area contributed by atoms with Crippen LogP contribution < -0.4 is 5.32 Å². The van der Waals surface area contributed by atoms with Crippen LogP contribution in [0.1, 0.15) is 34.1 Å². The number of carbonyl (C=O) groups is 1. The van der Waals surface area contributed by atoms with Crippen LogP contribution in [0.3, 0.4) is 0 Å². The lowest BCUT2D eigenvalue weighted by Gasteiger charge is -2.08. The molecule has 2 aromatic carbocycles. The first-order valence-corrected chi connectivity index (χ1v) is 8.95. The normalized spacial score (nSPS) is 10.8. The van der Waals surface area contributed by atoms with E-state index >= 15 is 0 Å². The predicted molar refractivity (Wildman–Crippen MR) is 106 cm³/mol. The number of hydrogen-bond acceptors (Lipinski definition) is 4. The van der Waals surface area contributed by atoms with Crippen LogP contribution in [0.25, 0.3) is 16.6 Å². The topological polar surface area (TPSA) is 99.4 Å². The Kier molecular flexibility index (Phi) is 4.38. The average molecular weight is 370 g/mol. The zero-order valence-corrected chi connectivity index (χ0v) is 15.5. The van der Waals surface area contributed by atoms with Crippen molar-refractivity contribution in [1.29, 1.82) is 5.26 Å². The number of hydrogen-bond donors (Lipinski definition) is 2. The minimum atomic E-state index is -0.269. The summed E-state index contributed by atoms with van der Waals surface area (Å²) in [7, 11) is 0. The summed E-state index contributed by atoms with van der Waals surface area (Å²) in [6, 6.07) is 15.4. The maximum atomic E-state index is 12.9. The molecule has 28 heavy (non-hydrogen) atoms. The van der Waals surface area contributed by atoms with E-state index < -0.39 is 0 Å². The van der Waals surface area contributed by atoms with Gasteiger partial charge in [-0.2, -0.15) is 15.5 Å². The molecule has 0 unspecified atom stereocenters. The zero-order chi connectivity index (χ0) is 19.7. The molecule has 2 N–H and O–H groups in total. The van der Waals surface area contributed by atoms with Crippen molar-refractivity contribution in [2.45, 2.75) is 20.3 Å². The first-order chi connectivity index (χ1) is 13.6. The van der Waals surface area contributed by atoms with Gasteiger partial charge in [-0.05, 0) is 43.2 Å². The molecule has 138 valence electrons. The molecule has 2 heterocycles. The molecule has 0 spiro atoms. The van der Waals surface area contributed by atoms with Crippen LogP contribution in [0.15, 0.2) is 48.7 Å². The number of rotatable bonds is 4. The highest BCUT2D eigenvalue weighted by molar-refractivity contribution is 6.08. The number of carbonyl (C=O) groups excluding carboxylic acids is 1. The summed E-state index contributed by atoms with van der Waals surface area (Å²) >= 11 is 0. The molecular weight excluding hydrogens is 352 g/mol. The minimum Gasteiger partial charge on any atom is -0.304 e. The molecule has 0 saturated heterocycles. The fraction of sp³-hybridized carbons (Fsp3) is 0.143. The highest BCUT2D eigenvalue weighted by Gasteiger charge is 2.19. The lowest BCUT2D eigenvalue weighted by atomic mass is 10.1. The van der Waals surface area contributed by atoms with E-state index in [2.05, 4.69) is 26.7 Å². The monoisotopic (exact) mass is 370 g/mol. The molecule has 7 nitrogen and oxygen atoms in total. The lowest BCUT2D eigenvalue weighted by Crippen LogP contribution is -2.14. The first kappa shape index (κ1) is 17.5. The number of nitrogens with zero attached hydrogens (tertiary/aromatic N) is 4. The number of nitrogens with one attached hydrogen (secondary N) is 2. The van der Waals surface area contributed by atoms with E-state index in [4.69, 9.17) is 5.26 Å². The van der Waals surface area contributed by atoms with Gasteiger partial charge in [0.2, 0.25) is 0 Å². The third-order valence-corrected chi connectivity index (χ3v) is 4.71. The third-order valence-electron chi connectivity index (χ3n) is 4.71. The lowest BCUT2D eigenvalue weighted by molar-refractivity contribution is 0.102. The molecule has 0 aliphatic heterocycles. The molecule has 0 saturated carbocycles. The van der Waals surface area contributed by atoms with Gasteiger partial charge in [0, 0.05) is 5.39 Å². The molecule has 1 amide bonds. The molecule has 7 heteroatoms. The van der Waals surface area contributed by atoms with E-state index in [9.17, 15) is 4.79 Å². The molecular formula is C21H18N6O. The number of fused-ring (bicyclic) bond motifs is 1. The van der Waals surface area contributed by atoms with Crippen molar-refractivity contribution in [3.8, 4) is 11.8 Å². The van der Waals surface area contributed by atoms with E-state index in [-0.39, 0.29) is 5.91 Å². The van der Waals surface area contributed by atoms with Crippen LogP contribution in [0.5, 0.6) is 0 Å². The van der Waals surface area contributed by atoms with Crippen LogP contribution in [0, 0.1) is 18.3 Å². The molecule has 0 radical (unpaired) electrons. The van der Waals surface area contributed by atoms with Gasteiger partial charge >= 0.3 is 0 Å². The van der Waals surface area contributed by atoms with Crippen molar-refractivity contribution >= 4 is 22.6 Å². The molecule has 0 bridgehead atoms. The van der Waals surface area contributed by atoms with Gasteiger partial charge < -0.3 is 5.32 Å². The van der Waals surface area contributed by atoms with E-state index in [1.807, 2.05) is 50.2 Å². The van der Waals surface area contributed by atoms with Gasteiger partial charge in [-0.25, -0.2) is 4.68 Å². The molecule has 2 aromatic heterocycles. The number of amides is 1. The highest BCUT2D eigenvalue weighted by Crippen LogP contribution is 2.25. The van der Waals surface area contributed by atoms with Crippen molar-refractivity contribution < 1.29 is 4.79 Å². The van der Waals surface area contributed by atoms with Crippen LogP contribution in [0.2, 0.25) is 0 Å². The second-order valence-corrected chi connectivity index (χ2v) is 6.46. The number of aryl methyl sites for hydroxylation is 1. The SMILES string of the molecule is CCc1c(C(=O)Nc2n[nH]c3cc(C#N)c(C)cc23)cnn1-c1ccccc1.